The molecule has 0 saturated carbocycles. The lowest BCUT2D eigenvalue weighted by molar-refractivity contribution is 0.193. The molecule has 1 heterocycles. The number of benzene rings is 1. The fourth-order valence-electron chi connectivity index (χ4n) is 2.23. The summed E-state index contributed by atoms with van der Waals surface area (Å²) < 4.78 is 11.0. The molecule has 2 rings (SSSR count). The number of nitriles is 1. The van der Waals surface area contributed by atoms with Gasteiger partial charge in [0.1, 0.15) is 6.61 Å². The number of likely N-dealkylation sites (tertiary alicyclic amines) is 1. The molecule has 1 atom stereocenters. The van der Waals surface area contributed by atoms with Crippen molar-refractivity contribution in [3.8, 4) is 17.6 Å². The van der Waals surface area contributed by atoms with Gasteiger partial charge in [-0.15, -0.1) is 0 Å². The maximum Gasteiger partial charge on any atom is 0.162 e. The number of hydrogen-bond acceptors (Lipinski definition) is 4. The monoisotopic (exact) mass is 246 g/mol. The first-order valence-electron chi connectivity index (χ1n) is 6.15. The maximum absolute atomic E-state index is 8.83. The Labute approximate surface area is 108 Å². The Kier molecular flexibility index (Phi) is 4.06. The lowest BCUT2D eigenvalue weighted by atomic mass is 10.2. The van der Waals surface area contributed by atoms with Crippen LogP contribution in [0.15, 0.2) is 18.2 Å². The van der Waals surface area contributed by atoms with E-state index in [1.807, 2.05) is 0 Å². The van der Waals surface area contributed by atoms with E-state index in [0.29, 0.717) is 29.7 Å². The van der Waals surface area contributed by atoms with Crippen LogP contribution in [0, 0.1) is 11.3 Å². The van der Waals surface area contributed by atoms with Crippen LogP contribution in [0.2, 0.25) is 0 Å². The largest absolute Gasteiger partial charge is 0.493 e. The van der Waals surface area contributed by atoms with Crippen molar-refractivity contribution in [2.75, 3.05) is 27.3 Å². The Balaban J connectivity index is 2.02. The molecule has 0 bridgehead atoms. The highest BCUT2D eigenvalue weighted by Gasteiger charge is 2.21. The molecule has 1 aliphatic heterocycles. The lowest BCUT2D eigenvalue weighted by Gasteiger charge is -2.20. The molecule has 1 fully saturated rings. The second kappa shape index (κ2) is 5.74. The lowest BCUT2D eigenvalue weighted by Crippen LogP contribution is -2.30. The first kappa shape index (κ1) is 12.7. The topological polar surface area (TPSA) is 45.5 Å². The van der Waals surface area contributed by atoms with Crippen molar-refractivity contribution in [1.82, 2.24) is 4.90 Å². The number of ether oxygens (including phenoxy) is 2. The van der Waals surface area contributed by atoms with Gasteiger partial charge in [-0.25, -0.2) is 0 Å². The molecule has 1 unspecified atom stereocenters. The minimum Gasteiger partial charge on any atom is -0.493 e. The highest BCUT2D eigenvalue weighted by molar-refractivity contribution is 5.46. The molecule has 0 N–H and O–H groups in total. The van der Waals surface area contributed by atoms with Crippen LogP contribution in [-0.2, 0) is 0 Å². The molecule has 0 aromatic heterocycles. The van der Waals surface area contributed by atoms with Gasteiger partial charge in [0.15, 0.2) is 11.5 Å². The summed E-state index contributed by atoms with van der Waals surface area (Å²) in [6.45, 7) is 1.80. The average molecular weight is 246 g/mol. The van der Waals surface area contributed by atoms with Gasteiger partial charge in [-0.2, -0.15) is 5.26 Å². The summed E-state index contributed by atoms with van der Waals surface area (Å²) >= 11 is 0. The van der Waals surface area contributed by atoms with Crippen molar-refractivity contribution in [3.63, 3.8) is 0 Å². The minimum absolute atomic E-state index is 0.477. The SMILES string of the molecule is COc1cc(C#N)ccc1OCC1CCCN1C. The zero-order valence-corrected chi connectivity index (χ0v) is 10.8. The maximum atomic E-state index is 8.83. The van der Waals surface area contributed by atoms with E-state index in [2.05, 4.69) is 18.0 Å². The fraction of sp³-hybridized carbons (Fsp3) is 0.500. The number of nitrogens with zero attached hydrogens (tertiary/aromatic N) is 2. The first-order valence-corrected chi connectivity index (χ1v) is 6.15. The van der Waals surface area contributed by atoms with Crippen LogP contribution in [0.1, 0.15) is 18.4 Å². The highest BCUT2D eigenvalue weighted by Crippen LogP contribution is 2.28. The quantitative estimate of drug-likeness (QED) is 0.815. The Morgan fingerprint density at radius 1 is 1.44 bits per heavy atom. The fourth-order valence-corrected chi connectivity index (χ4v) is 2.23. The molecule has 4 nitrogen and oxygen atoms in total. The van der Waals surface area contributed by atoms with Gasteiger partial charge in [-0.1, -0.05) is 0 Å². The molecule has 0 spiro atoms. The average Bonchev–Trinajstić information content (AvgIpc) is 2.81. The number of rotatable bonds is 4. The van der Waals surface area contributed by atoms with Gasteiger partial charge in [-0.3, -0.25) is 0 Å². The molecule has 1 saturated heterocycles. The van der Waals surface area contributed by atoms with Crippen LogP contribution in [0.3, 0.4) is 0 Å². The summed E-state index contributed by atoms with van der Waals surface area (Å²) in [7, 11) is 3.71. The summed E-state index contributed by atoms with van der Waals surface area (Å²) in [4.78, 5) is 2.32. The van der Waals surface area contributed by atoms with Crippen LogP contribution in [0.5, 0.6) is 11.5 Å². The Hall–Kier alpha value is -1.73. The molecule has 18 heavy (non-hydrogen) atoms. The van der Waals surface area contributed by atoms with Crippen molar-refractivity contribution < 1.29 is 9.47 Å². The van der Waals surface area contributed by atoms with Crippen LogP contribution in [0.4, 0.5) is 0 Å². The number of hydrogen-bond donors (Lipinski definition) is 0. The van der Waals surface area contributed by atoms with Crippen molar-refractivity contribution in [2.45, 2.75) is 18.9 Å². The number of methoxy groups -OCH3 is 1. The van der Waals surface area contributed by atoms with Crippen molar-refractivity contribution >= 4 is 0 Å². The third-order valence-corrected chi connectivity index (χ3v) is 3.40. The Bertz CT molecular complexity index is 454. The Morgan fingerprint density at radius 2 is 2.28 bits per heavy atom. The summed E-state index contributed by atoms with van der Waals surface area (Å²) in [5.41, 5.74) is 0.581. The molecule has 0 aliphatic carbocycles. The van der Waals surface area contributed by atoms with Crippen molar-refractivity contribution in [2.24, 2.45) is 0 Å². The molecule has 0 radical (unpaired) electrons. The van der Waals surface area contributed by atoms with Crippen molar-refractivity contribution in [1.29, 1.82) is 5.26 Å². The van der Waals surface area contributed by atoms with E-state index in [1.54, 1.807) is 25.3 Å². The summed E-state index contributed by atoms with van der Waals surface area (Å²) in [6.07, 6.45) is 2.41. The standard InChI is InChI=1S/C14H18N2O2/c1-16-7-3-4-12(16)10-18-13-6-5-11(9-15)8-14(13)17-2/h5-6,8,12H,3-4,7,10H2,1-2H3. The van der Waals surface area contributed by atoms with E-state index in [4.69, 9.17) is 14.7 Å². The Morgan fingerprint density at radius 3 is 2.89 bits per heavy atom. The normalized spacial score (nSPS) is 19.5. The van der Waals surface area contributed by atoms with E-state index < -0.39 is 0 Å². The number of likely N-dealkylation sites (N-methyl/N-ethyl adjacent to an activating group) is 1. The zero-order valence-electron chi connectivity index (χ0n) is 10.8. The van der Waals surface area contributed by atoms with E-state index in [9.17, 15) is 0 Å². The predicted molar refractivity (Wildman–Crippen MR) is 68.9 cm³/mol. The van der Waals surface area contributed by atoms with Gasteiger partial charge in [0.25, 0.3) is 0 Å². The first-order chi connectivity index (χ1) is 8.74. The van der Waals surface area contributed by atoms with E-state index >= 15 is 0 Å². The highest BCUT2D eigenvalue weighted by atomic mass is 16.5. The molecular weight excluding hydrogens is 228 g/mol. The third-order valence-electron chi connectivity index (χ3n) is 3.40. The van der Waals surface area contributed by atoms with E-state index in [1.165, 1.54) is 12.8 Å². The smallest absolute Gasteiger partial charge is 0.162 e. The summed E-state index contributed by atoms with van der Waals surface area (Å²) in [5.74, 6) is 1.33. The molecule has 96 valence electrons. The molecular formula is C14H18N2O2. The third kappa shape index (κ3) is 2.74. The van der Waals surface area contributed by atoms with E-state index in [0.717, 1.165) is 6.54 Å². The second-order valence-corrected chi connectivity index (χ2v) is 4.57. The van der Waals surface area contributed by atoms with Crippen LogP contribution >= 0.6 is 0 Å². The van der Waals surface area contributed by atoms with Gasteiger partial charge in [0.05, 0.1) is 18.7 Å². The summed E-state index contributed by atoms with van der Waals surface area (Å²) in [6, 6.07) is 7.81. The molecule has 1 aromatic carbocycles. The zero-order chi connectivity index (χ0) is 13.0. The molecule has 1 aliphatic rings. The molecule has 4 heteroatoms. The van der Waals surface area contributed by atoms with E-state index in [-0.39, 0.29) is 0 Å². The van der Waals surface area contributed by atoms with Crippen LogP contribution < -0.4 is 9.47 Å². The molecule has 1 aromatic rings. The van der Waals surface area contributed by atoms with Crippen molar-refractivity contribution in [3.05, 3.63) is 23.8 Å². The van der Waals surface area contributed by atoms with Gasteiger partial charge < -0.3 is 14.4 Å². The summed E-state index contributed by atoms with van der Waals surface area (Å²) in [5, 5.41) is 8.83. The van der Waals surface area contributed by atoms with Crippen LogP contribution in [0.25, 0.3) is 0 Å². The molecule has 0 amide bonds. The van der Waals surface area contributed by atoms with Gasteiger partial charge in [-0.05, 0) is 38.6 Å². The van der Waals surface area contributed by atoms with Gasteiger partial charge >= 0.3 is 0 Å². The van der Waals surface area contributed by atoms with Gasteiger partial charge in [0, 0.05) is 12.1 Å². The van der Waals surface area contributed by atoms with Gasteiger partial charge in [0.2, 0.25) is 0 Å². The van der Waals surface area contributed by atoms with Crippen LogP contribution in [-0.4, -0.2) is 38.3 Å². The predicted octanol–water partition coefficient (Wildman–Crippen LogP) is 2.04. The minimum atomic E-state index is 0.477. The second-order valence-electron chi connectivity index (χ2n) is 4.57.